The smallest absolute Gasteiger partial charge is 0.237 e. The third kappa shape index (κ3) is 3.95. The molecule has 2 saturated heterocycles. The molecule has 0 saturated carbocycles. The van der Waals surface area contributed by atoms with E-state index >= 15 is 0 Å². The number of nitrogens with two attached hydrogens (primary N) is 1. The van der Waals surface area contributed by atoms with Crippen LogP contribution >= 0.6 is 0 Å². The van der Waals surface area contributed by atoms with Gasteiger partial charge in [-0.1, -0.05) is 18.2 Å². The van der Waals surface area contributed by atoms with Gasteiger partial charge in [-0.05, 0) is 44.8 Å². The summed E-state index contributed by atoms with van der Waals surface area (Å²) in [4.78, 5) is 28.3. The Hall–Kier alpha value is -2.08. The maximum Gasteiger partial charge on any atom is 0.237 e. The molecule has 0 aliphatic carbocycles. The summed E-state index contributed by atoms with van der Waals surface area (Å²) in [5.74, 6) is 0.738. The van der Waals surface area contributed by atoms with Gasteiger partial charge in [-0.25, -0.2) is 0 Å². The number of hydrogen-bond donors (Lipinski definition) is 1. The standard InChI is InChI=1S/C19H27N3O3/c1-25-17-7-3-2-5-15(17)16-6-4-10-22(16)18(23)13-21-11-8-14(9-12-21)19(20)24/h2-3,5,7,14,16H,4,6,8-13H2,1H3,(H2,20,24)/t16-/m0/s1. The average Bonchev–Trinajstić information content (AvgIpc) is 3.11. The largest absolute Gasteiger partial charge is 0.496 e. The third-order valence-corrected chi connectivity index (χ3v) is 5.42. The fourth-order valence-corrected chi connectivity index (χ4v) is 3.99. The maximum absolute atomic E-state index is 12.9. The molecular formula is C19H27N3O3. The van der Waals surface area contributed by atoms with Gasteiger partial charge in [0.15, 0.2) is 0 Å². The molecule has 136 valence electrons. The van der Waals surface area contributed by atoms with E-state index in [1.54, 1.807) is 7.11 Å². The minimum Gasteiger partial charge on any atom is -0.496 e. The number of hydrogen-bond acceptors (Lipinski definition) is 4. The van der Waals surface area contributed by atoms with E-state index < -0.39 is 0 Å². The molecule has 0 spiro atoms. The second kappa shape index (κ2) is 7.87. The van der Waals surface area contributed by atoms with Crippen LogP contribution in [0.3, 0.4) is 0 Å². The number of likely N-dealkylation sites (tertiary alicyclic amines) is 2. The number of nitrogens with zero attached hydrogens (tertiary/aromatic N) is 2. The second-order valence-corrected chi connectivity index (χ2v) is 6.94. The van der Waals surface area contributed by atoms with Crippen LogP contribution in [-0.4, -0.2) is 54.9 Å². The minimum atomic E-state index is -0.221. The van der Waals surface area contributed by atoms with Gasteiger partial charge in [0.25, 0.3) is 0 Å². The SMILES string of the molecule is COc1ccccc1[C@@H]1CCCN1C(=O)CN1CCC(C(N)=O)CC1. The summed E-state index contributed by atoms with van der Waals surface area (Å²) in [6.07, 6.45) is 3.48. The number of piperidine rings is 1. The van der Waals surface area contributed by atoms with Crippen molar-refractivity contribution in [3.8, 4) is 5.75 Å². The molecule has 6 heteroatoms. The van der Waals surface area contributed by atoms with Crippen LogP contribution in [0.5, 0.6) is 5.75 Å². The van der Waals surface area contributed by atoms with E-state index in [4.69, 9.17) is 10.5 Å². The summed E-state index contributed by atoms with van der Waals surface area (Å²) in [7, 11) is 1.67. The lowest BCUT2D eigenvalue weighted by atomic mass is 9.96. The zero-order valence-electron chi connectivity index (χ0n) is 14.8. The summed E-state index contributed by atoms with van der Waals surface area (Å²) in [5.41, 5.74) is 6.47. The normalized spacial score (nSPS) is 22.1. The van der Waals surface area contributed by atoms with Crippen molar-refractivity contribution in [1.82, 2.24) is 9.80 Å². The van der Waals surface area contributed by atoms with Gasteiger partial charge in [-0.15, -0.1) is 0 Å². The number of primary amides is 1. The van der Waals surface area contributed by atoms with Gasteiger partial charge in [0.2, 0.25) is 11.8 Å². The maximum atomic E-state index is 12.9. The van der Waals surface area contributed by atoms with E-state index in [1.807, 2.05) is 29.2 Å². The number of methoxy groups -OCH3 is 1. The predicted molar refractivity (Wildman–Crippen MR) is 95.0 cm³/mol. The number of ether oxygens (including phenoxy) is 1. The van der Waals surface area contributed by atoms with E-state index in [9.17, 15) is 9.59 Å². The zero-order chi connectivity index (χ0) is 17.8. The summed E-state index contributed by atoms with van der Waals surface area (Å²) >= 11 is 0. The number of para-hydroxylation sites is 1. The van der Waals surface area contributed by atoms with E-state index in [-0.39, 0.29) is 23.8 Å². The first-order valence-corrected chi connectivity index (χ1v) is 9.04. The van der Waals surface area contributed by atoms with Crippen molar-refractivity contribution in [1.29, 1.82) is 0 Å². The molecule has 2 heterocycles. The van der Waals surface area contributed by atoms with E-state index in [2.05, 4.69) is 4.90 Å². The Morgan fingerprint density at radius 1 is 1.16 bits per heavy atom. The Bertz CT molecular complexity index is 626. The predicted octanol–water partition coefficient (Wildman–Crippen LogP) is 1.56. The first-order chi connectivity index (χ1) is 12.1. The second-order valence-electron chi connectivity index (χ2n) is 6.94. The summed E-state index contributed by atoms with van der Waals surface area (Å²) in [6, 6.07) is 8.03. The van der Waals surface area contributed by atoms with Crippen LogP contribution < -0.4 is 10.5 Å². The summed E-state index contributed by atoms with van der Waals surface area (Å²) < 4.78 is 5.48. The molecule has 25 heavy (non-hydrogen) atoms. The van der Waals surface area contributed by atoms with Crippen LogP contribution in [0.1, 0.15) is 37.3 Å². The van der Waals surface area contributed by atoms with Crippen LogP contribution in [0.25, 0.3) is 0 Å². The van der Waals surface area contributed by atoms with Crippen molar-refractivity contribution in [2.45, 2.75) is 31.7 Å². The van der Waals surface area contributed by atoms with Crippen molar-refractivity contribution in [3.63, 3.8) is 0 Å². The Morgan fingerprint density at radius 3 is 2.56 bits per heavy atom. The van der Waals surface area contributed by atoms with Gasteiger partial charge in [0, 0.05) is 18.0 Å². The molecule has 2 fully saturated rings. The van der Waals surface area contributed by atoms with E-state index in [1.165, 1.54) is 0 Å². The fourth-order valence-electron chi connectivity index (χ4n) is 3.99. The van der Waals surface area contributed by atoms with Crippen molar-refractivity contribution in [2.75, 3.05) is 33.3 Å². The molecule has 0 bridgehead atoms. The number of benzene rings is 1. The van der Waals surface area contributed by atoms with Crippen molar-refractivity contribution < 1.29 is 14.3 Å². The lowest BCUT2D eigenvalue weighted by Crippen LogP contribution is -2.44. The highest BCUT2D eigenvalue weighted by Crippen LogP contribution is 2.37. The average molecular weight is 345 g/mol. The van der Waals surface area contributed by atoms with Gasteiger partial charge < -0.3 is 15.4 Å². The number of rotatable bonds is 5. The molecule has 0 radical (unpaired) electrons. The molecule has 2 aliphatic rings. The third-order valence-electron chi connectivity index (χ3n) is 5.42. The Labute approximate surface area is 148 Å². The van der Waals surface area contributed by atoms with Crippen molar-refractivity contribution in [3.05, 3.63) is 29.8 Å². The Balaban J connectivity index is 1.63. The molecule has 6 nitrogen and oxygen atoms in total. The number of carbonyl (C=O) groups is 2. The summed E-state index contributed by atoms with van der Waals surface area (Å²) in [6.45, 7) is 2.72. The van der Waals surface area contributed by atoms with Crippen LogP contribution in [-0.2, 0) is 9.59 Å². The van der Waals surface area contributed by atoms with Gasteiger partial charge in [0.05, 0.1) is 19.7 Å². The molecule has 1 aromatic carbocycles. The molecule has 1 atom stereocenters. The molecular weight excluding hydrogens is 318 g/mol. The molecule has 0 aromatic heterocycles. The van der Waals surface area contributed by atoms with E-state index in [0.717, 1.165) is 56.6 Å². The Morgan fingerprint density at radius 2 is 1.88 bits per heavy atom. The molecule has 0 unspecified atom stereocenters. The lowest BCUT2D eigenvalue weighted by molar-refractivity contribution is -0.133. The highest BCUT2D eigenvalue weighted by molar-refractivity contribution is 5.79. The first-order valence-electron chi connectivity index (χ1n) is 9.04. The molecule has 1 aromatic rings. The molecule has 2 N–H and O–H groups in total. The van der Waals surface area contributed by atoms with Gasteiger partial charge >= 0.3 is 0 Å². The minimum absolute atomic E-state index is 0.0422. The van der Waals surface area contributed by atoms with Crippen LogP contribution in [0, 0.1) is 5.92 Å². The fraction of sp³-hybridized carbons (Fsp3) is 0.579. The number of carbonyl (C=O) groups excluding carboxylic acids is 2. The van der Waals surface area contributed by atoms with Gasteiger partial charge in [0.1, 0.15) is 5.75 Å². The molecule has 3 rings (SSSR count). The van der Waals surface area contributed by atoms with E-state index in [0.29, 0.717) is 6.54 Å². The van der Waals surface area contributed by atoms with Crippen LogP contribution in [0.4, 0.5) is 0 Å². The summed E-state index contributed by atoms with van der Waals surface area (Å²) in [5, 5.41) is 0. The van der Waals surface area contributed by atoms with Gasteiger partial charge in [-0.3, -0.25) is 14.5 Å². The quantitative estimate of drug-likeness (QED) is 0.879. The first kappa shape index (κ1) is 17.7. The van der Waals surface area contributed by atoms with Crippen LogP contribution in [0.2, 0.25) is 0 Å². The highest BCUT2D eigenvalue weighted by Gasteiger charge is 2.33. The Kier molecular flexibility index (Phi) is 5.58. The number of amides is 2. The highest BCUT2D eigenvalue weighted by atomic mass is 16.5. The molecule has 2 amide bonds. The lowest BCUT2D eigenvalue weighted by Gasteiger charge is -2.33. The van der Waals surface area contributed by atoms with Crippen LogP contribution in [0.15, 0.2) is 24.3 Å². The van der Waals surface area contributed by atoms with Gasteiger partial charge in [-0.2, -0.15) is 0 Å². The van der Waals surface area contributed by atoms with Crippen molar-refractivity contribution >= 4 is 11.8 Å². The molecule has 2 aliphatic heterocycles. The topological polar surface area (TPSA) is 75.9 Å². The monoisotopic (exact) mass is 345 g/mol. The zero-order valence-corrected chi connectivity index (χ0v) is 14.8. The van der Waals surface area contributed by atoms with Crippen molar-refractivity contribution in [2.24, 2.45) is 11.7 Å².